The van der Waals surface area contributed by atoms with Crippen molar-refractivity contribution in [3.63, 3.8) is 0 Å². The standard InChI is InChI=1S/C2H2B3N2O4/c3-10-1(8)6-5-7-2(9)11-4/h(H,6,8)(H,7,9). The van der Waals surface area contributed by atoms with Gasteiger partial charge in [0.1, 0.15) is 0 Å². The molecule has 0 aromatic heterocycles. The molecular formula is C2H2B3N2O4. The number of nitrogens with one attached hydrogen (secondary N) is 2. The average Bonchev–Trinajstić information content (AvgIpc) is 2.04. The number of hydrogen-bond donors (Lipinski definition) is 2. The van der Waals surface area contributed by atoms with Crippen molar-refractivity contribution in [2.45, 2.75) is 0 Å². The van der Waals surface area contributed by atoms with Crippen molar-refractivity contribution < 1.29 is 18.9 Å². The Morgan fingerprint density at radius 3 is 1.73 bits per heavy atom. The van der Waals surface area contributed by atoms with E-state index in [-0.39, 0.29) is 0 Å². The lowest BCUT2D eigenvalue weighted by Gasteiger charge is -2.02. The highest BCUT2D eigenvalue weighted by atomic mass is 16.5. The van der Waals surface area contributed by atoms with Crippen molar-refractivity contribution in [3.05, 3.63) is 0 Å². The van der Waals surface area contributed by atoms with E-state index < -0.39 is 12.2 Å². The second-order valence-corrected chi connectivity index (χ2v) is 1.24. The van der Waals surface area contributed by atoms with E-state index in [1.54, 1.807) is 0 Å². The second kappa shape index (κ2) is 5.51. The van der Waals surface area contributed by atoms with Gasteiger partial charge >= 0.3 is 35.8 Å². The van der Waals surface area contributed by atoms with Gasteiger partial charge in [-0.2, -0.15) is 0 Å². The topological polar surface area (TPSA) is 76.7 Å². The zero-order chi connectivity index (χ0) is 8.69. The van der Waals surface area contributed by atoms with Gasteiger partial charge in [-0.05, 0) is 0 Å². The molecule has 6 nitrogen and oxygen atoms in total. The van der Waals surface area contributed by atoms with Crippen molar-refractivity contribution in [1.82, 2.24) is 10.5 Å². The largest absolute Gasteiger partial charge is 0.529 e. The predicted octanol–water partition coefficient (Wildman–Crippen LogP) is -1.86. The van der Waals surface area contributed by atoms with Gasteiger partial charge in [0, 0.05) is 0 Å². The molecule has 0 aliphatic carbocycles. The fourth-order valence-corrected chi connectivity index (χ4v) is 0.222. The summed E-state index contributed by atoms with van der Waals surface area (Å²) in [5.74, 6) is 0. The first-order chi connectivity index (χ1) is 5.20. The lowest BCUT2D eigenvalue weighted by molar-refractivity contribution is 0.209. The highest BCUT2D eigenvalue weighted by Gasteiger charge is 2.02. The Morgan fingerprint density at radius 2 is 1.45 bits per heavy atom. The van der Waals surface area contributed by atoms with E-state index in [0.717, 1.165) is 7.55 Å². The van der Waals surface area contributed by atoms with Gasteiger partial charge in [-0.15, -0.1) is 0 Å². The van der Waals surface area contributed by atoms with Crippen LogP contribution in [-0.4, -0.2) is 35.8 Å². The molecule has 0 saturated heterocycles. The third-order valence-corrected chi connectivity index (χ3v) is 0.594. The summed E-state index contributed by atoms with van der Waals surface area (Å²) >= 11 is 0. The van der Waals surface area contributed by atoms with Crippen LogP contribution in [0.3, 0.4) is 0 Å². The molecule has 0 saturated carbocycles. The maximum absolute atomic E-state index is 10.2. The first-order valence-electron chi connectivity index (χ1n) is 2.37. The normalized spacial score (nSPS) is 7.64. The van der Waals surface area contributed by atoms with E-state index in [0.29, 0.717) is 0 Å². The van der Waals surface area contributed by atoms with Crippen LogP contribution in [0, 0.1) is 0 Å². The Hall–Kier alpha value is -1.27. The molecular weight excluding hydrogens is 148 g/mol. The fourth-order valence-electron chi connectivity index (χ4n) is 0.222. The number of hydrogen-bond acceptors (Lipinski definition) is 4. The summed E-state index contributed by atoms with van der Waals surface area (Å²) in [4.78, 5) is 20.3. The van der Waals surface area contributed by atoms with Gasteiger partial charge in [-0.25, -0.2) is 9.59 Å². The Labute approximate surface area is 66.2 Å². The smallest absolute Gasteiger partial charge is 0.395 e. The Balaban J connectivity index is 3.27. The van der Waals surface area contributed by atoms with E-state index >= 15 is 0 Å². The molecule has 11 heavy (non-hydrogen) atoms. The number of carbonyl (C=O) groups is 2. The van der Waals surface area contributed by atoms with Crippen LogP contribution < -0.4 is 10.5 Å². The number of rotatable bonds is 2. The highest BCUT2D eigenvalue weighted by Crippen LogP contribution is 1.67. The molecule has 9 heteroatoms. The average molecular weight is 150 g/mol. The summed E-state index contributed by atoms with van der Waals surface area (Å²) < 4.78 is 7.32. The van der Waals surface area contributed by atoms with Crippen molar-refractivity contribution >= 4 is 35.8 Å². The van der Waals surface area contributed by atoms with E-state index in [1.807, 2.05) is 10.5 Å². The van der Waals surface area contributed by atoms with Gasteiger partial charge in [-0.3, -0.25) is 0 Å². The summed E-state index contributed by atoms with van der Waals surface area (Å²) in [6, 6.07) is 0. The minimum atomic E-state index is -0.928. The van der Waals surface area contributed by atoms with E-state index in [2.05, 4.69) is 25.4 Å². The van der Waals surface area contributed by atoms with Gasteiger partial charge in [0.15, 0.2) is 0 Å². The molecule has 0 bridgehead atoms. The van der Waals surface area contributed by atoms with Crippen LogP contribution in [-0.2, 0) is 9.31 Å². The predicted molar refractivity (Wildman–Crippen MR) is 36.5 cm³/mol. The lowest BCUT2D eigenvalue weighted by Crippen LogP contribution is -2.40. The Kier molecular flexibility index (Phi) is 4.88. The molecule has 0 aliphatic heterocycles. The second-order valence-electron chi connectivity index (χ2n) is 1.24. The summed E-state index contributed by atoms with van der Waals surface area (Å²) in [6.45, 7) is 0. The van der Waals surface area contributed by atoms with Crippen LogP contribution in [0.25, 0.3) is 0 Å². The monoisotopic (exact) mass is 151 g/mol. The summed E-state index contributed by atoms with van der Waals surface area (Å²) in [5, 5.41) is 3.84. The molecule has 0 heterocycles. The quantitative estimate of drug-likeness (QED) is 0.453. The molecule has 0 fully saturated rings. The molecule has 0 spiro atoms. The molecule has 0 aromatic rings. The first kappa shape index (κ1) is 9.73. The van der Waals surface area contributed by atoms with Crippen molar-refractivity contribution in [2.75, 3.05) is 0 Å². The Bertz CT molecular complexity index is 136. The van der Waals surface area contributed by atoms with Crippen LogP contribution in [0.2, 0.25) is 0 Å². The molecule has 0 unspecified atom stereocenters. The van der Waals surface area contributed by atoms with Crippen LogP contribution in [0.1, 0.15) is 0 Å². The fraction of sp³-hybridized carbons (Fsp3) is 0. The molecule has 0 aliphatic rings. The van der Waals surface area contributed by atoms with Gasteiger partial charge in [0.2, 0.25) is 0 Å². The van der Waals surface area contributed by atoms with E-state index in [4.69, 9.17) is 0 Å². The van der Waals surface area contributed by atoms with Crippen LogP contribution in [0.5, 0.6) is 0 Å². The number of carbonyl (C=O) groups excluding carboxylic acids is 2. The van der Waals surface area contributed by atoms with E-state index in [9.17, 15) is 9.59 Å². The van der Waals surface area contributed by atoms with Crippen LogP contribution in [0.15, 0.2) is 0 Å². The zero-order valence-corrected chi connectivity index (χ0v) is 5.37. The molecule has 0 atom stereocenters. The van der Waals surface area contributed by atoms with Crippen molar-refractivity contribution in [2.24, 2.45) is 0 Å². The van der Waals surface area contributed by atoms with Crippen LogP contribution in [0.4, 0.5) is 9.59 Å². The highest BCUT2D eigenvalue weighted by molar-refractivity contribution is 6.38. The number of amides is 2. The lowest BCUT2D eigenvalue weighted by atomic mass is 10.2. The summed E-state index contributed by atoms with van der Waals surface area (Å²) in [7, 11) is 9.69. The first-order valence-corrected chi connectivity index (χ1v) is 2.37. The van der Waals surface area contributed by atoms with Crippen molar-refractivity contribution in [3.8, 4) is 0 Å². The maximum atomic E-state index is 10.2. The molecule has 0 rings (SSSR count). The molecule has 53 valence electrons. The summed E-state index contributed by atoms with van der Waals surface area (Å²) in [6.07, 6.45) is -1.86. The maximum Gasteiger partial charge on any atom is 0.395 e. The Morgan fingerprint density at radius 1 is 1.09 bits per heavy atom. The van der Waals surface area contributed by atoms with Crippen molar-refractivity contribution in [1.29, 1.82) is 0 Å². The summed E-state index contributed by atoms with van der Waals surface area (Å²) in [5.41, 5.74) is 0. The third kappa shape index (κ3) is 5.19. The third-order valence-electron chi connectivity index (χ3n) is 0.594. The molecule has 2 amide bonds. The zero-order valence-electron chi connectivity index (χ0n) is 5.37. The van der Waals surface area contributed by atoms with Gasteiger partial charge < -0.3 is 19.8 Å². The SMILES string of the molecule is [B]OC(=O)N[B]NC(=O)O[B]. The molecule has 2 N–H and O–H groups in total. The molecule has 5 radical (unpaired) electrons. The van der Waals surface area contributed by atoms with Gasteiger partial charge in [-0.1, -0.05) is 0 Å². The van der Waals surface area contributed by atoms with Crippen LogP contribution >= 0.6 is 0 Å². The molecule has 0 aromatic carbocycles. The van der Waals surface area contributed by atoms with Gasteiger partial charge in [0.05, 0.1) is 0 Å². The van der Waals surface area contributed by atoms with E-state index in [1.165, 1.54) is 0 Å². The minimum absolute atomic E-state index is 0.852. The van der Waals surface area contributed by atoms with Gasteiger partial charge in [0.25, 0.3) is 0 Å². The minimum Gasteiger partial charge on any atom is -0.529 e.